The Morgan fingerprint density at radius 1 is 1.50 bits per heavy atom. The predicted molar refractivity (Wildman–Crippen MR) is 57.2 cm³/mol. The lowest BCUT2D eigenvalue weighted by molar-refractivity contribution is 0.400. The van der Waals surface area contributed by atoms with Gasteiger partial charge in [0.25, 0.3) is 0 Å². The van der Waals surface area contributed by atoms with Crippen molar-refractivity contribution in [2.24, 2.45) is 5.92 Å². The lowest BCUT2D eigenvalue weighted by Crippen LogP contribution is -2.15. The Labute approximate surface area is 85.5 Å². The molecule has 0 aromatic carbocycles. The lowest BCUT2D eigenvalue weighted by Gasteiger charge is -2.15. The van der Waals surface area contributed by atoms with E-state index < -0.39 is 0 Å². The third kappa shape index (κ3) is 2.35. The smallest absolute Gasteiger partial charge is 0.0948 e. The molecule has 1 aliphatic heterocycles. The third-order valence-electron chi connectivity index (χ3n) is 3.07. The number of imidazole rings is 1. The molecular formula is C11H19N3. The molecule has 1 fully saturated rings. The number of hydrogen-bond acceptors (Lipinski definition) is 2. The first kappa shape index (κ1) is 9.71. The number of nitrogens with zero attached hydrogens (tertiary/aromatic N) is 2. The Bertz CT molecular complexity index is 272. The van der Waals surface area contributed by atoms with E-state index in [9.17, 15) is 0 Å². The van der Waals surface area contributed by atoms with Crippen LogP contribution in [0.1, 0.15) is 25.0 Å². The normalized spacial score (nSPS) is 23.4. The molecule has 1 aliphatic rings. The monoisotopic (exact) mass is 193 g/mol. The van der Waals surface area contributed by atoms with Gasteiger partial charge in [0.15, 0.2) is 0 Å². The highest BCUT2D eigenvalue weighted by Gasteiger charge is 2.12. The van der Waals surface area contributed by atoms with Gasteiger partial charge < -0.3 is 9.88 Å². The number of nitrogens with one attached hydrogen (secondary N) is 1. The molecule has 1 saturated heterocycles. The molecule has 0 amide bonds. The van der Waals surface area contributed by atoms with Gasteiger partial charge in [-0.15, -0.1) is 0 Å². The van der Waals surface area contributed by atoms with E-state index >= 15 is 0 Å². The van der Waals surface area contributed by atoms with Crippen molar-refractivity contribution in [3.8, 4) is 0 Å². The summed E-state index contributed by atoms with van der Waals surface area (Å²) in [6.45, 7) is 5.65. The first-order valence-corrected chi connectivity index (χ1v) is 5.53. The Morgan fingerprint density at radius 2 is 2.43 bits per heavy atom. The predicted octanol–water partition coefficient (Wildman–Crippen LogP) is 1.58. The van der Waals surface area contributed by atoms with E-state index in [2.05, 4.69) is 21.8 Å². The summed E-state index contributed by atoms with van der Waals surface area (Å²) in [4.78, 5) is 4.16. The van der Waals surface area contributed by atoms with Crippen LogP contribution in [0.3, 0.4) is 0 Å². The van der Waals surface area contributed by atoms with Crippen LogP contribution in [-0.2, 0) is 6.54 Å². The van der Waals surface area contributed by atoms with Crippen LogP contribution in [0.4, 0.5) is 0 Å². The van der Waals surface area contributed by atoms with Crippen molar-refractivity contribution in [3.63, 3.8) is 0 Å². The molecule has 0 aliphatic carbocycles. The van der Waals surface area contributed by atoms with E-state index in [1.54, 1.807) is 0 Å². The average Bonchev–Trinajstić information content (AvgIpc) is 2.44. The largest absolute Gasteiger partial charge is 0.335 e. The molecule has 0 saturated carbocycles. The summed E-state index contributed by atoms with van der Waals surface area (Å²) in [5.74, 6) is 0.831. The molecule has 2 heterocycles. The van der Waals surface area contributed by atoms with E-state index in [0.717, 1.165) is 12.5 Å². The lowest BCUT2D eigenvalue weighted by atomic mass is 10.0. The van der Waals surface area contributed by atoms with Crippen molar-refractivity contribution in [2.45, 2.75) is 32.7 Å². The maximum absolute atomic E-state index is 4.16. The zero-order valence-corrected chi connectivity index (χ0v) is 8.87. The fraction of sp³-hybridized carbons (Fsp3) is 0.727. The molecule has 0 radical (unpaired) electrons. The molecular weight excluding hydrogens is 174 g/mol. The van der Waals surface area contributed by atoms with Crippen molar-refractivity contribution < 1.29 is 0 Å². The summed E-state index contributed by atoms with van der Waals surface area (Å²) in [5.41, 5.74) is 1.28. The van der Waals surface area contributed by atoms with Crippen LogP contribution in [0.5, 0.6) is 0 Å². The summed E-state index contributed by atoms with van der Waals surface area (Å²) in [6.07, 6.45) is 7.86. The fourth-order valence-corrected chi connectivity index (χ4v) is 2.13. The Balaban J connectivity index is 1.92. The molecule has 0 bridgehead atoms. The maximum Gasteiger partial charge on any atom is 0.0948 e. The number of aryl methyl sites for hydroxylation is 1. The van der Waals surface area contributed by atoms with Crippen LogP contribution in [0, 0.1) is 12.8 Å². The molecule has 1 aromatic heterocycles. The standard InChI is InChI=1S/C11H19N3/c1-10-7-13-9-14(10)8-11-3-2-5-12-6-4-11/h7,9,11-12H,2-6,8H2,1H3. The molecule has 1 N–H and O–H groups in total. The summed E-state index contributed by atoms with van der Waals surface area (Å²) in [5, 5.41) is 3.45. The SMILES string of the molecule is Cc1cncn1CC1CCCNCC1. The zero-order valence-electron chi connectivity index (χ0n) is 8.87. The van der Waals surface area contributed by atoms with Crippen molar-refractivity contribution in [2.75, 3.05) is 13.1 Å². The van der Waals surface area contributed by atoms with Gasteiger partial charge in [0.05, 0.1) is 6.33 Å². The third-order valence-corrected chi connectivity index (χ3v) is 3.07. The Morgan fingerprint density at radius 3 is 3.21 bits per heavy atom. The van der Waals surface area contributed by atoms with Gasteiger partial charge in [-0.2, -0.15) is 0 Å². The summed E-state index contributed by atoms with van der Waals surface area (Å²) in [7, 11) is 0. The van der Waals surface area contributed by atoms with Crippen LogP contribution in [-0.4, -0.2) is 22.6 Å². The van der Waals surface area contributed by atoms with Gasteiger partial charge in [-0.05, 0) is 45.2 Å². The van der Waals surface area contributed by atoms with Crippen molar-refractivity contribution >= 4 is 0 Å². The molecule has 78 valence electrons. The Hall–Kier alpha value is -0.830. The first-order chi connectivity index (χ1) is 6.86. The minimum absolute atomic E-state index is 0.831. The van der Waals surface area contributed by atoms with E-state index in [1.807, 2.05) is 12.5 Å². The molecule has 2 rings (SSSR count). The van der Waals surface area contributed by atoms with E-state index in [-0.39, 0.29) is 0 Å². The fourth-order valence-electron chi connectivity index (χ4n) is 2.13. The highest BCUT2D eigenvalue weighted by Crippen LogP contribution is 2.16. The molecule has 1 unspecified atom stereocenters. The summed E-state index contributed by atoms with van der Waals surface area (Å²) < 4.78 is 2.27. The van der Waals surface area contributed by atoms with Crippen molar-refractivity contribution in [1.82, 2.24) is 14.9 Å². The van der Waals surface area contributed by atoms with Crippen LogP contribution < -0.4 is 5.32 Å². The van der Waals surface area contributed by atoms with Crippen LogP contribution in [0.15, 0.2) is 12.5 Å². The number of rotatable bonds is 2. The van der Waals surface area contributed by atoms with Gasteiger partial charge >= 0.3 is 0 Å². The molecule has 3 nitrogen and oxygen atoms in total. The summed E-state index contributed by atoms with van der Waals surface area (Å²) >= 11 is 0. The number of aromatic nitrogens is 2. The molecule has 0 spiro atoms. The quantitative estimate of drug-likeness (QED) is 0.773. The van der Waals surface area contributed by atoms with E-state index in [4.69, 9.17) is 0 Å². The zero-order chi connectivity index (χ0) is 9.80. The van der Waals surface area contributed by atoms with Gasteiger partial charge in [-0.3, -0.25) is 0 Å². The first-order valence-electron chi connectivity index (χ1n) is 5.53. The van der Waals surface area contributed by atoms with Gasteiger partial charge in [0, 0.05) is 18.4 Å². The minimum atomic E-state index is 0.831. The second kappa shape index (κ2) is 4.60. The molecule has 1 aromatic rings. The molecule has 1 atom stereocenters. The van der Waals surface area contributed by atoms with Crippen LogP contribution in [0.25, 0.3) is 0 Å². The summed E-state index contributed by atoms with van der Waals surface area (Å²) in [6, 6.07) is 0. The topological polar surface area (TPSA) is 29.9 Å². The highest BCUT2D eigenvalue weighted by atomic mass is 15.0. The van der Waals surface area contributed by atoms with Crippen molar-refractivity contribution in [3.05, 3.63) is 18.2 Å². The molecule has 14 heavy (non-hydrogen) atoms. The van der Waals surface area contributed by atoms with E-state index in [1.165, 1.54) is 38.0 Å². The Kier molecular flexibility index (Phi) is 3.19. The van der Waals surface area contributed by atoms with Crippen molar-refractivity contribution in [1.29, 1.82) is 0 Å². The van der Waals surface area contributed by atoms with Crippen LogP contribution >= 0.6 is 0 Å². The second-order valence-corrected chi connectivity index (χ2v) is 4.23. The van der Waals surface area contributed by atoms with Gasteiger partial charge in [0.2, 0.25) is 0 Å². The van der Waals surface area contributed by atoms with Gasteiger partial charge in [-0.1, -0.05) is 0 Å². The molecule has 3 heteroatoms. The minimum Gasteiger partial charge on any atom is -0.335 e. The van der Waals surface area contributed by atoms with Gasteiger partial charge in [0.1, 0.15) is 0 Å². The van der Waals surface area contributed by atoms with Gasteiger partial charge in [-0.25, -0.2) is 4.98 Å². The second-order valence-electron chi connectivity index (χ2n) is 4.23. The van der Waals surface area contributed by atoms with E-state index in [0.29, 0.717) is 0 Å². The number of hydrogen-bond donors (Lipinski definition) is 1. The highest BCUT2D eigenvalue weighted by molar-refractivity contribution is 4.94. The van der Waals surface area contributed by atoms with Crippen LogP contribution in [0.2, 0.25) is 0 Å². The maximum atomic E-state index is 4.16. The average molecular weight is 193 g/mol.